The summed E-state index contributed by atoms with van der Waals surface area (Å²) < 4.78 is 0. The number of nitriles is 1. The number of benzene rings is 1. The van der Waals surface area contributed by atoms with E-state index in [9.17, 15) is 9.59 Å². The number of aliphatic carboxylic acids is 1. The van der Waals surface area contributed by atoms with Crippen molar-refractivity contribution in [3.63, 3.8) is 0 Å². The van der Waals surface area contributed by atoms with Crippen LogP contribution >= 0.6 is 23.2 Å². The standard InChI is InChI=1S/C13H11Cl2N3O3/c14-9-2-1-3-10(15)12(9)18-7-8(6-16)13(21)17-5-4-11(19)20/h1-3,7,18H,4-5H2,(H,17,21)(H,19,20)/b8-7-. The van der Waals surface area contributed by atoms with Gasteiger partial charge in [0.05, 0.1) is 22.2 Å². The zero-order valence-corrected chi connectivity index (χ0v) is 12.2. The molecule has 0 radical (unpaired) electrons. The molecular formula is C13H11Cl2N3O3. The highest BCUT2D eigenvalue weighted by Gasteiger charge is 2.10. The first-order valence-electron chi connectivity index (χ1n) is 5.76. The van der Waals surface area contributed by atoms with Crippen molar-refractivity contribution in [2.45, 2.75) is 6.42 Å². The molecule has 21 heavy (non-hydrogen) atoms. The number of carbonyl (C=O) groups excluding carboxylic acids is 1. The molecule has 0 heterocycles. The predicted molar refractivity (Wildman–Crippen MR) is 79.0 cm³/mol. The molecule has 1 amide bonds. The van der Waals surface area contributed by atoms with Crippen molar-refractivity contribution >= 4 is 40.8 Å². The van der Waals surface area contributed by atoms with Crippen LogP contribution in [0.5, 0.6) is 0 Å². The Morgan fingerprint density at radius 3 is 2.48 bits per heavy atom. The van der Waals surface area contributed by atoms with Gasteiger partial charge in [-0.15, -0.1) is 0 Å². The number of rotatable bonds is 6. The van der Waals surface area contributed by atoms with Crippen LogP contribution in [0, 0.1) is 11.3 Å². The summed E-state index contributed by atoms with van der Waals surface area (Å²) >= 11 is 11.9. The molecule has 0 spiro atoms. The van der Waals surface area contributed by atoms with Gasteiger partial charge in [0.15, 0.2) is 0 Å². The maximum Gasteiger partial charge on any atom is 0.305 e. The Bertz CT molecular complexity index is 603. The molecule has 8 heteroatoms. The number of carbonyl (C=O) groups is 2. The van der Waals surface area contributed by atoms with Gasteiger partial charge in [-0.1, -0.05) is 29.3 Å². The Labute approximate surface area is 131 Å². The third kappa shape index (κ3) is 5.34. The van der Waals surface area contributed by atoms with Gasteiger partial charge >= 0.3 is 5.97 Å². The van der Waals surface area contributed by atoms with Crippen LogP contribution in [0.3, 0.4) is 0 Å². The van der Waals surface area contributed by atoms with E-state index in [1.807, 2.05) is 0 Å². The Balaban J connectivity index is 2.74. The fourth-order valence-corrected chi connectivity index (χ4v) is 1.81. The van der Waals surface area contributed by atoms with Gasteiger partial charge < -0.3 is 15.7 Å². The molecule has 0 bridgehead atoms. The van der Waals surface area contributed by atoms with Crippen LogP contribution in [0.1, 0.15) is 6.42 Å². The number of carboxylic acid groups (broad SMARTS) is 1. The van der Waals surface area contributed by atoms with Crippen molar-refractivity contribution < 1.29 is 14.7 Å². The molecule has 1 rings (SSSR count). The first-order chi connectivity index (χ1) is 9.95. The lowest BCUT2D eigenvalue weighted by Crippen LogP contribution is -2.27. The van der Waals surface area contributed by atoms with Crippen molar-refractivity contribution in [3.05, 3.63) is 40.0 Å². The summed E-state index contributed by atoms with van der Waals surface area (Å²) in [7, 11) is 0. The van der Waals surface area contributed by atoms with E-state index in [0.717, 1.165) is 6.20 Å². The molecule has 0 aliphatic heterocycles. The maximum atomic E-state index is 11.6. The average Bonchev–Trinajstić information content (AvgIpc) is 2.41. The Morgan fingerprint density at radius 2 is 1.95 bits per heavy atom. The van der Waals surface area contributed by atoms with Crippen LogP contribution in [0.2, 0.25) is 10.0 Å². The quantitative estimate of drug-likeness (QED) is 0.550. The minimum absolute atomic E-state index is 0.0694. The van der Waals surface area contributed by atoms with Crippen LogP contribution in [-0.2, 0) is 9.59 Å². The molecular weight excluding hydrogens is 317 g/mol. The van der Waals surface area contributed by atoms with Crippen LogP contribution in [0.4, 0.5) is 5.69 Å². The van der Waals surface area contributed by atoms with Crippen molar-refractivity contribution in [1.82, 2.24) is 5.32 Å². The number of halogens is 2. The van der Waals surface area contributed by atoms with Crippen molar-refractivity contribution in [2.75, 3.05) is 11.9 Å². The number of hydrogen-bond acceptors (Lipinski definition) is 4. The van der Waals surface area contributed by atoms with E-state index in [-0.39, 0.29) is 18.5 Å². The lowest BCUT2D eigenvalue weighted by molar-refractivity contribution is -0.136. The summed E-state index contributed by atoms with van der Waals surface area (Å²) in [6.45, 7) is -0.0694. The van der Waals surface area contributed by atoms with Gasteiger partial charge in [-0.25, -0.2) is 0 Å². The summed E-state index contributed by atoms with van der Waals surface area (Å²) in [4.78, 5) is 22.0. The minimum atomic E-state index is -1.04. The number of nitrogens with one attached hydrogen (secondary N) is 2. The molecule has 0 saturated heterocycles. The molecule has 3 N–H and O–H groups in total. The molecule has 0 atom stereocenters. The van der Waals surface area contributed by atoms with Crippen molar-refractivity contribution in [2.24, 2.45) is 0 Å². The monoisotopic (exact) mass is 327 g/mol. The highest BCUT2D eigenvalue weighted by molar-refractivity contribution is 6.39. The molecule has 0 fully saturated rings. The third-order valence-corrected chi connectivity index (χ3v) is 2.94. The lowest BCUT2D eigenvalue weighted by Gasteiger charge is -2.07. The second kappa shape index (κ2) is 8.15. The second-order valence-corrected chi connectivity index (χ2v) is 4.62. The van der Waals surface area contributed by atoms with Gasteiger partial charge in [-0.05, 0) is 12.1 Å². The predicted octanol–water partition coefficient (Wildman–Crippen LogP) is 2.40. The van der Waals surface area contributed by atoms with E-state index < -0.39 is 11.9 Å². The average molecular weight is 328 g/mol. The normalized spacial score (nSPS) is 10.6. The molecule has 0 aliphatic carbocycles. The van der Waals surface area contributed by atoms with E-state index in [2.05, 4.69) is 10.6 Å². The van der Waals surface area contributed by atoms with Crippen LogP contribution < -0.4 is 10.6 Å². The Hall–Kier alpha value is -2.23. The van der Waals surface area contributed by atoms with Gasteiger partial charge in [-0.2, -0.15) is 5.26 Å². The summed E-state index contributed by atoms with van der Waals surface area (Å²) in [5.74, 6) is -1.73. The van der Waals surface area contributed by atoms with Gasteiger partial charge in [0.2, 0.25) is 0 Å². The summed E-state index contributed by atoms with van der Waals surface area (Å²) in [5.41, 5.74) is 0.142. The summed E-state index contributed by atoms with van der Waals surface area (Å²) in [6.07, 6.45) is 0.928. The summed E-state index contributed by atoms with van der Waals surface area (Å²) in [6, 6.07) is 6.56. The Kier molecular flexibility index (Phi) is 6.53. The van der Waals surface area contributed by atoms with E-state index in [4.69, 9.17) is 33.6 Å². The van der Waals surface area contributed by atoms with Gasteiger partial charge in [0.25, 0.3) is 5.91 Å². The molecule has 0 aliphatic rings. The number of anilines is 1. The van der Waals surface area contributed by atoms with Crippen molar-refractivity contribution in [3.8, 4) is 6.07 Å². The maximum absolute atomic E-state index is 11.6. The topological polar surface area (TPSA) is 102 Å². The largest absolute Gasteiger partial charge is 0.481 e. The van der Waals surface area contributed by atoms with Gasteiger partial charge in [0.1, 0.15) is 11.6 Å². The van der Waals surface area contributed by atoms with Gasteiger partial charge in [-0.3, -0.25) is 9.59 Å². The van der Waals surface area contributed by atoms with E-state index in [1.165, 1.54) is 0 Å². The molecule has 6 nitrogen and oxygen atoms in total. The highest BCUT2D eigenvalue weighted by Crippen LogP contribution is 2.29. The first kappa shape index (κ1) is 16.8. The summed E-state index contributed by atoms with van der Waals surface area (Å²) in [5, 5.41) is 23.1. The fourth-order valence-electron chi connectivity index (χ4n) is 1.31. The zero-order valence-electron chi connectivity index (χ0n) is 10.7. The number of hydrogen-bond donors (Lipinski definition) is 3. The van der Waals surface area contributed by atoms with E-state index in [0.29, 0.717) is 15.7 Å². The third-order valence-electron chi connectivity index (χ3n) is 2.31. The molecule has 1 aromatic rings. The Morgan fingerprint density at radius 1 is 1.33 bits per heavy atom. The lowest BCUT2D eigenvalue weighted by atomic mass is 10.2. The van der Waals surface area contributed by atoms with Crippen LogP contribution in [0.25, 0.3) is 0 Å². The molecule has 0 aromatic heterocycles. The number of para-hydroxylation sites is 1. The fraction of sp³-hybridized carbons (Fsp3) is 0.154. The molecule has 0 saturated carbocycles. The molecule has 0 unspecified atom stereocenters. The second-order valence-electron chi connectivity index (χ2n) is 3.81. The van der Waals surface area contributed by atoms with E-state index >= 15 is 0 Å². The van der Waals surface area contributed by atoms with Crippen LogP contribution in [0.15, 0.2) is 30.0 Å². The zero-order chi connectivity index (χ0) is 15.8. The van der Waals surface area contributed by atoms with Crippen molar-refractivity contribution in [1.29, 1.82) is 5.26 Å². The highest BCUT2D eigenvalue weighted by atomic mass is 35.5. The number of amides is 1. The number of carboxylic acids is 1. The number of nitrogens with zero attached hydrogens (tertiary/aromatic N) is 1. The SMILES string of the molecule is N#C/C(=C/Nc1c(Cl)cccc1Cl)C(=O)NCCC(=O)O. The van der Waals surface area contributed by atoms with Crippen LogP contribution in [-0.4, -0.2) is 23.5 Å². The first-order valence-corrected chi connectivity index (χ1v) is 6.52. The minimum Gasteiger partial charge on any atom is -0.481 e. The molecule has 1 aromatic carbocycles. The van der Waals surface area contributed by atoms with E-state index in [1.54, 1.807) is 24.3 Å². The smallest absolute Gasteiger partial charge is 0.305 e. The molecule has 110 valence electrons. The van der Waals surface area contributed by atoms with Gasteiger partial charge in [0, 0.05) is 12.7 Å².